The number of ether oxygens (including phenoxy) is 1. The average Bonchev–Trinajstić information content (AvgIpc) is 2.35. The molecule has 1 heterocycles. The first-order chi connectivity index (χ1) is 8.53. The first-order valence-electron chi connectivity index (χ1n) is 5.64. The van der Waals surface area contributed by atoms with Crippen molar-refractivity contribution in [1.29, 1.82) is 0 Å². The molecule has 0 aliphatic heterocycles. The third-order valence-electron chi connectivity index (χ3n) is 2.30. The summed E-state index contributed by atoms with van der Waals surface area (Å²) in [5.74, 6) is 0.889. The van der Waals surface area contributed by atoms with Crippen LogP contribution in [-0.2, 0) is 11.3 Å². The molecule has 0 radical (unpaired) electrons. The van der Waals surface area contributed by atoms with Crippen molar-refractivity contribution in [2.45, 2.75) is 26.0 Å². The Hall–Kier alpha value is -0.950. The Morgan fingerprint density at radius 1 is 1.39 bits per heavy atom. The van der Waals surface area contributed by atoms with Crippen LogP contribution in [0.2, 0.25) is 5.15 Å². The van der Waals surface area contributed by atoms with Gasteiger partial charge in [0.15, 0.2) is 5.82 Å². The second kappa shape index (κ2) is 6.84. The van der Waals surface area contributed by atoms with Gasteiger partial charge in [0, 0.05) is 12.7 Å². The Kier molecular flexibility index (Phi) is 5.74. The Labute approximate surface area is 111 Å². The fourth-order valence-corrected chi connectivity index (χ4v) is 1.43. The molecule has 18 heavy (non-hydrogen) atoms. The summed E-state index contributed by atoms with van der Waals surface area (Å²) in [6.07, 6.45) is 0. The van der Waals surface area contributed by atoms with Crippen LogP contribution >= 0.6 is 11.6 Å². The van der Waals surface area contributed by atoms with Crippen LogP contribution in [0.5, 0.6) is 0 Å². The molecule has 1 aromatic rings. The van der Waals surface area contributed by atoms with Gasteiger partial charge < -0.3 is 20.3 Å². The van der Waals surface area contributed by atoms with E-state index >= 15 is 0 Å². The van der Waals surface area contributed by atoms with Crippen molar-refractivity contribution >= 4 is 17.4 Å². The van der Waals surface area contributed by atoms with Gasteiger partial charge in [0.2, 0.25) is 0 Å². The van der Waals surface area contributed by atoms with E-state index in [-0.39, 0.29) is 25.0 Å². The molecule has 0 aliphatic rings. The van der Waals surface area contributed by atoms with E-state index in [9.17, 15) is 10.2 Å². The third kappa shape index (κ3) is 4.38. The molecule has 0 atom stereocenters. The van der Waals surface area contributed by atoms with E-state index < -0.39 is 5.54 Å². The van der Waals surface area contributed by atoms with Crippen LogP contribution in [0.15, 0.2) is 6.07 Å². The molecule has 0 amide bonds. The minimum atomic E-state index is -0.861. The number of anilines is 1. The zero-order valence-corrected chi connectivity index (χ0v) is 11.2. The quantitative estimate of drug-likeness (QED) is 0.639. The van der Waals surface area contributed by atoms with Gasteiger partial charge in [-0.3, -0.25) is 0 Å². The number of aliphatic hydroxyl groups excluding tert-OH is 2. The second-order valence-corrected chi connectivity index (χ2v) is 4.52. The largest absolute Gasteiger partial charge is 0.394 e. The Balaban J connectivity index is 2.85. The first-order valence-corrected chi connectivity index (χ1v) is 6.02. The Morgan fingerprint density at radius 3 is 2.61 bits per heavy atom. The number of nitrogens with one attached hydrogen (secondary N) is 1. The molecule has 6 nitrogen and oxygen atoms in total. The summed E-state index contributed by atoms with van der Waals surface area (Å²) < 4.78 is 5.20. The molecule has 0 aliphatic carbocycles. The number of aliphatic hydroxyl groups is 2. The summed E-state index contributed by atoms with van der Waals surface area (Å²) >= 11 is 5.87. The van der Waals surface area contributed by atoms with Crippen LogP contribution in [0.25, 0.3) is 0 Å². The van der Waals surface area contributed by atoms with Gasteiger partial charge in [0.05, 0.1) is 18.8 Å². The molecule has 0 aromatic carbocycles. The number of rotatable bonds is 7. The van der Waals surface area contributed by atoms with Gasteiger partial charge in [0.25, 0.3) is 0 Å². The van der Waals surface area contributed by atoms with Crippen molar-refractivity contribution in [3.63, 3.8) is 0 Å². The van der Waals surface area contributed by atoms with Gasteiger partial charge in [-0.25, -0.2) is 9.97 Å². The summed E-state index contributed by atoms with van der Waals surface area (Å²) in [7, 11) is 0. The van der Waals surface area contributed by atoms with Gasteiger partial charge in [0.1, 0.15) is 17.6 Å². The first kappa shape index (κ1) is 15.1. The van der Waals surface area contributed by atoms with Crippen LogP contribution in [0.4, 0.5) is 5.82 Å². The molecule has 0 unspecified atom stereocenters. The van der Waals surface area contributed by atoms with E-state index in [1.807, 2.05) is 6.92 Å². The highest BCUT2D eigenvalue weighted by Gasteiger charge is 2.22. The molecule has 1 aromatic heterocycles. The zero-order chi connectivity index (χ0) is 13.6. The van der Waals surface area contributed by atoms with Gasteiger partial charge in [-0.05, 0) is 13.8 Å². The van der Waals surface area contributed by atoms with E-state index in [0.29, 0.717) is 18.2 Å². The fraction of sp³-hybridized carbons (Fsp3) is 0.636. The molecular weight excluding hydrogens is 258 g/mol. The predicted octanol–water partition coefficient (Wildman–Crippen LogP) is 0.822. The van der Waals surface area contributed by atoms with Crippen LogP contribution < -0.4 is 5.32 Å². The van der Waals surface area contributed by atoms with E-state index in [1.165, 1.54) is 6.07 Å². The number of hydrogen-bond donors (Lipinski definition) is 3. The summed E-state index contributed by atoms with van der Waals surface area (Å²) in [5.41, 5.74) is -0.861. The zero-order valence-electron chi connectivity index (χ0n) is 10.5. The SMILES string of the molecule is CCOCc1nc(Cl)cc(NC(C)(CO)CO)n1. The lowest BCUT2D eigenvalue weighted by atomic mass is 10.1. The molecule has 0 bridgehead atoms. The van der Waals surface area contributed by atoms with E-state index in [4.69, 9.17) is 16.3 Å². The average molecular weight is 276 g/mol. The lowest BCUT2D eigenvalue weighted by Crippen LogP contribution is -2.42. The highest BCUT2D eigenvalue weighted by molar-refractivity contribution is 6.29. The molecule has 1 rings (SSSR count). The number of hydrogen-bond acceptors (Lipinski definition) is 6. The fourth-order valence-electron chi connectivity index (χ4n) is 1.22. The normalized spacial score (nSPS) is 11.6. The van der Waals surface area contributed by atoms with Gasteiger partial charge in [-0.15, -0.1) is 0 Å². The maximum atomic E-state index is 9.20. The van der Waals surface area contributed by atoms with E-state index in [1.54, 1.807) is 6.92 Å². The minimum absolute atomic E-state index is 0.230. The van der Waals surface area contributed by atoms with Crippen molar-refractivity contribution in [1.82, 2.24) is 9.97 Å². The maximum absolute atomic E-state index is 9.20. The summed E-state index contributed by atoms with van der Waals surface area (Å²) in [5, 5.41) is 21.6. The summed E-state index contributed by atoms with van der Waals surface area (Å²) in [4.78, 5) is 8.22. The number of nitrogens with zero attached hydrogens (tertiary/aromatic N) is 2. The molecule has 0 spiro atoms. The molecule has 0 fully saturated rings. The summed E-state index contributed by atoms with van der Waals surface area (Å²) in [6, 6.07) is 1.53. The number of aromatic nitrogens is 2. The molecule has 102 valence electrons. The van der Waals surface area contributed by atoms with Crippen LogP contribution in [0, 0.1) is 0 Å². The van der Waals surface area contributed by atoms with Crippen molar-refractivity contribution in [3.05, 3.63) is 17.0 Å². The lowest BCUT2D eigenvalue weighted by molar-refractivity contribution is 0.128. The van der Waals surface area contributed by atoms with Crippen molar-refractivity contribution in [2.24, 2.45) is 0 Å². The second-order valence-electron chi connectivity index (χ2n) is 4.13. The van der Waals surface area contributed by atoms with Crippen molar-refractivity contribution in [2.75, 3.05) is 25.1 Å². The van der Waals surface area contributed by atoms with Gasteiger partial charge in [-0.1, -0.05) is 11.6 Å². The molecular formula is C11H18ClN3O3. The third-order valence-corrected chi connectivity index (χ3v) is 2.50. The minimum Gasteiger partial charge on any atom is -0.394 e. The van der Waals surface area contributed by atoms with Crippen molar-refractivity contribution < 1.29 is 14.9 Å². The lowest BCUT2D eigenvalue weighted by Gasteiger charge is -2.26. The standard InChI is InChI=1S/C11H18ClN3O3/c1-3-18-5-10-13-8(12)4-9(14-10)15-11(2,6-16)7-17/h4,16-17H,3,5-7H2,1-2H3,(H,13,14,15). The van der Waals surface area contributed by atoms with E-state index in [2.05, 4.69) is 15.3 Å². The Morgan fingerprint density at radius 2 is 2.06 bits per heavy atom. The molecule has 7 heteroatoms. The molecule has 0 saturated heterocycles. The topological polar surface area (TPSA) is 87.5 Å². The predicted molar refractivity (Wildman–Crippen MR) is 68.6 cm³/mol. The Bertz CT molecular complexity index is 386. The van der Waals surface area contributed by atoms with Crippen molar-refractivity contribution in [3.8, 4) is 0 Å². The van der Waals surface area contributed by atoms with Crippen LogP contribution in [0.1, 0.15) is 19.7 Å². The highest BCUT2D eigenvalue weighted by atomic mass is 35.5. The van der Waals surface area contributed by atoms with Crippen LogP contribution in [0.3, 0.4) is 0 Å². The van der Waals surface area contributed by atoms with Gasteiger partial charge >= 0.3 is 0 Å². The monoisotopic (exact) mass is 275 g/mol. The van der Waals surface area contributed by atoms with Gasteiger partial charge in [-0.2, -0.15) is 0 Å². The smallest absolute Gasteiger partial charge is 0.158 e. The summed E-state index contributed by atoms with van der Waals surface area (Å²) in [6.45, 7) is 3.91. The van der Waals surface area contributed by atoms with Crippen LogP contribution in [-0.4, -0.2) is 45.5 Å². The van der Waals surface area contributed by atoms with E-state index in [0.717, 1.165) is 0 Å². The highest BCUT2D eigenvalue weighted by Crippen LogP contribution is 2.16. The molecule has 0 saturated carbocycles. The maximum Gasteiger partial charge on any atom is 0.158 e. The molecule has 3 N–H and O–H groups in total. The number of halogens is 1.